The van der Waals surface area contributed by atoms with E-state index in [1.807, 2.05) is 0 Å². The van der Waals surface area contributed by atoms with Gasteiger partial charge in [-0.25, -0.2) is 0 Å². The zero-order valence-electron chi connectivity index (χ0n) is 13.9. The summed E-state index contributed by atoms with van der Waals surface area (Å²) >= 11 is 0. The summed E-state index contributed by atoms with van der Waals surface area (Å²) in [7, 11) is 3.47. The number of ether oxygens (including phenoxy) is 2. The van der Waals surface area contributed by atoms with Crippen LogP contribution in [0.1, 0.15) is 42.5 Å². The maximum absolute atomic E-state index is 8.87. The van der Waals surface area contributed by atoms with Gasteiger partial charge in [-0.05, 0) is 38.4 Å². The van der Waals surface area contributed by atoms with Gasteiger partial charge in [0.1, 0.15) is 11.5 Å². The summed E-state index contributed by atoms with van der Waals surface area (Å²) in [5.41, 5.74) is 3.63. The zero-order valence-corrected chi connectivity index (χ0v) is 13.9. The molecule has 3 N–H and O–H groups in total. The molecule has 22 heavy (non-hydrogen) atoms. The molecule has 0 fully saturated rings. The molecule has 0 aromatic heterocycles. The molecule has 0 spiro atoms. The van der Waals surface area contributed by atoms with Gasteiger partial charge < -0.3 is 25.2 Å². The fraction of sp³-hybridized carbons (Fsp3) is 0.647. The van der Waals surface area contributed by atoms with Crippen LogP contribution in [0.5, 0.6) is 11.5 Å². The Bertz CT molecular complexity index is 491. The van der Waals surface area contributed by atoms with Gasteiger partial charge in [-0.3, -0.25) is 0 Å². The maximum Gasteiger partial charge on any atom is 0.127 e. The van der Waals surface area contributed by atoms with Gasteiger partial charge in [0.15, 0.2) is 0 Å². The summed E-state index contributed by atoms with van der Waals surface area (Å²) < 4.78 is 11.4. The van der Waals surface area contributed by atoms with Crippen molar-refractivity contribution in [3.63, 3.8) is 0 Å². The molecule has 1 aliphatic rings. The summed E-state index contributed by atoms with van der Waals surface area (Å²) in [5, 5.41) is 15.8. The highest BCUT2D eigenvalue weighted by Gasteiger charge is 2.27. The van der Waals surface area contributed by atoms with Crippen LogP contribution >= 0.6 is 0 Å². The molecule has 0 amide bonds. The Morgan fingerprint density at radius 1 is 1.36 bits per heavy atom. The fourth-order valence-electron chi connectivity index (χ4n) is 3.20. The van der Waals surface area contributed by atoms with Crippen molar-refractivity contribution in [3.05, 3.63) is 22.8 Å². The van der Waals surface area contributed by atoms with E-state index in [9.17, 15) is 0 Å². The van der Waals surface area contributed by atoms with Crippen molar-refractivity contribution in [3.8, 4) is 11.5 Å². The zero-order chi connectivity index (χ0) is 15.9. The highest BCUT2D eigenvalue weighted by Crippen LogP contribution is 2.41. The third kappa shape index (κ3) is 3.54. The highest BCUT2D eigenvalue weighted by molar-refractivity contribution is 5.56. The molecule has 2 rings (SSSR count). The van der Waals surface area contributed by atoms with Gasteiger partial charge in [-0.15, -0.1) is 0 Å². The molecule has 1 aromatic rings. The van der Waals surface area contributed by atoms with E-state index in [0.29, 0.717) is 6.04 Å². The average molecular weight is 308 g/mol. The van der Waals surface area contributed by atoms with E-state index in [0.717, 1.165) is 56.0 Å². The lowest BCUT2D eigenvalue weighted by Gasteiger charge is -2.30. The van der Waals surface area contributed by atoms with Crippen LogP contribution in [0.2, 0.25) is 0 Å². The van der Waals surface area contributed by atoms with Crippen LogP contribution in [-0.4, -0.2) is 39.0 Å². The van der Waals surface area contributed by atoms with E-state index in [1.165, 1.54) is 11.1 Å². The molecule has 1 atom stereocenters. The normalized spacial score (nSPS) is 17.2. The van der Waals surface area contributed by atoms with Gasteiger partial charge in [0.2, 0.25) is 0 Å². The Hall–Kier alpha value is -1.30. The van der Waals surface area contributed by atoms with Crippen molar-refractivity contribution in [2.24, 2.45) is 0 Å². The predicted molar refractivity (Wildman–Crippen MR) is 87.7 cm³/mol. The van der Waals surface area contributed by atoms with Gasteiger partial charge >= 0.3 is 0 Å². The Balaban J connectivity index is 2.35. The van der Waals surface area contributed by atoms with Gasteiger partial charge in [0, 0.05) is 35.9 Å². The Morgan fingerprint density at radius 2 is 2.18 bits per heavy atom. The summed E-state index contributed by atoms with van der Waals surface area (Å²) in [6.45, 7) is 4.87. The van der Waals surface area contributed by atoms with Crippen LogP contribution in [0, 0.1) is 0 Å². The van der Waals surface area contributed by atoms with Crippen LogP contribution in [0.15, 0.2) is 6.07 Å². The minimum atomic E-state index is 0.210. The van der Waals surface area contributed by atoms with Crippen LogP contribution in [0.4, 0.5) is 0 Å². The lowest BCUT2D eigenvalue weighted by atomic mass is 9.89. The molecule has 1 unspecified atom stereocenters. The highest BCUT2D eigenvalue weighted by atomic mass is 16.5. The van der Waals surface area contributed by atoms with Crippen molar-refractivity contribution >= 4 is 0 Å². The number of benzene rings is 1. The van der Waals surface area contributed by atoms with Gasteiger partial charge in [0.25, 0.3) is 0 Å². The molecule has 0 saturated heterocycles. The first-order valence-electron chi connectivity index (χ1n) is 8.08. The smallest absolute Gasteiger partial charge is 0.127 e. The molecular formula is C17H28N2O3. The lowest BCUT2D eigenvalue weighted by Crippen LogP contribution is -2.30. The third-order valence-electron chi connectivity index (χ3n) is 4.24. The predicted octanol–water partition coefficient (Wildman–Crippen LogP) is 1.77. The van der Waals surface area contributed by atoms with E-state index in [4.69, 9.17) is 14.6 Å². The summed E-state index contributed by atoms with van der Waals surface area (Å²) in [6.07, 6.45) is 2.74. The van der Waals surface area contributed by atoms with Crippen LogP contribution in [0.3, 0.4) is 0 Å². The maximum atomic E-state index is 8.87. The minimum absolute atomic E-state index is 0.210. The number of hydrogen-bond acceptors (Lipinski definition) is 5. The van der Waals surface area contributed by atoms with Crippen LogP contribution in [0.25, 0.3) is 0 Å². The molecule has 5 nitrogen and oxygen atoms in total. The van der Waals surface area contributed by atoms with E-state index < -0.39 is 0 Å². The molecule has 1 aliphatic heterocycles. The number of fused-ring (bicyclic) bond motifs is 1. The second-order valence-electron chi connectivity index (χ2n) is 5.58. The number of rotatable bonds is 8. The molecule has 124 valence electrons. The first-order valence-corrected chi connectivity index (χ1v) is 8.08. The molecule has 0 saturated carbocycles. The van der Waals surface area contributed by atoms with Crippen molar-refractivity contribution in [2.75, 3.05) is 33.9 Å². The number of aliphatic hydroxyl groups excluding tert-OH is 1. The van der Waals surface area contributed by atoms with Gasteiger partial charge in [0.05, 0.1) is 14.2 Å². The largest absolute Gasteiger partial charge is 0.496 e. The quantitative estimate of drug-likeness (QED) is 0.639. The van der Waals surface area contributed by atoms with Crippen molar-refractivity contribution in [1.29, 1.82) is 0 Å². The SMILES string of the molecule is CCC1NCCc2c(OC)c(CNCCCO)cc(OC)c21. The lowest BCUT2D eigenvalue weighted by molar-refractivity contribution is 0.285. The van der Waals surface area contributed by atoms with E-state index in [1.54, 1.807) is 14.2 Å². The minimum Gasteiger partial charge on any atom is -0.496 e. The molecule has 0 aliphatic carbocycles. The summed E-state index contributed by atoms with van der Waals surface area (Å²) in [4.78, 5) is 0. The first-order chi connectivity index (χ1) is 10.8. The van der Waals surface area contributed by atoms with E-state index >= 15 is 0 Å². The second kappa shape index (κ2) is 8.36. The van der Waals surface area contributed by atoms with E-state index in [2.05, 4.69) is 23.6 Å². The standard InChI is InChI=1S/C17H28N2O3/c1-4-14-16-13(6-8-19-14)17(22-3)12(10-15(16)21-2)11-18-7-5-9-20/h10,14,18-20H,4-9,11H2,1-3H3. The molecule has 5 heteroatoms. The van der Waals surface area contributed by atoms with Crippen molar-refractivity contribution in [1.82, 2.24) is 10.6 Å². The Morgan fingerprint density at radius 3 is 2.82 bits per heavy atom. The topological polar surface area (TPSA) is 62.8 Å². The van der Waals surface area contributed by atoms with E-state index in [-0.39, 0.29) is 6.61 Å². The Kier molecular flexibility index (Phi) is 6.49. The monoisotopic (exact) mass is 308 g/mol. The molecule has 0 radical (unpaired) electrons. The van der Waals surface area contributed by atoms with Crippen molar-refractivity contribution in [2.45, 2.75) is 38.8 Å². The first kappa shape index (κ1) is 17.1. The molecule has 1 aromatic carbocycles. The van der Waals surface area contributed by atoms with Gasteiger partial charge in [-0.1, -0.05) is 6.92 Å². The molecular weight excluding hydrogens is 280 g/mol. The third-order valence-corrected chi connectivity index (χ3v) is 4.24. The fourth-order valence-corrected chi connectivity index (χ4v) is 3.20. The van der Waals surface area contributed by atoms with Crippen molar-refractivity contribution < 1.29 is 14.6 Å². The Labute approximate surface area is 133 Å². The second-order valence-corrected chi connectivity index (χ2v) is 5.58. The summed E-state index contributed by atoms with van der Waals surface area (Å²) in [5.74, 6) is 1.92. The number of aliphatic hydroxyl groups is 1. The molecule has 0 bridgehead atoms. The molecule has 1 heterocycles. The van der Waals surface area contributed by atoms with Crippen LogP contribution < -0.4 is 20.1 Å². The van der Waals surface area contributed by atoms with Gasteiger partial charge in [-0.2, -0.15) is 0 Å². The number of hydrogen-bond donors (Lipinski definition) is 3. The van der Waals surface area contributed by atoms with Crippen LogP contribution in [-0.2, 0) is 13.0 Å². The average Bonchev–Trinajstić information content (AvgIpc) is 2.57. The number of nitrogens with one attached hydrogen (secondary N) is 2. The summed E-state index contributed by atoms with van der Waals surface area (Å²) in [6, 6.07) is 2.41. The number of methoxy groups -OCH3 is 2.